The number of carbonyl (C=O) groups excluding carboxylic acids is 2. The minimum Gasteiger partial charge on any atom is -0.503 e. The minimum atomic E-state index is -0.888. The first kappa shape index (κ1) is 24.7. The number of nitrogens with zero attached hydrogens (tertiary/aromatic N) is 4. The third kappa shape index (κ3) is 4.18. The molecule has 1 unspecified atom stereocenters. The summed E-state index contributed by atoms with van der Waals surface area (Å²) in [6, 6.07) is 12.6. The molecule has 38 heavy (non-hydrogen) atoms. The molecule has 1 saturated heterocycles. The maximum absolute atomic E-state index is 14.3. The monoisotopic (exact) mass is 534 g/mol. The van der Waals surface area contributed by atoms with Gasteiger partial charge in [-0.2, -0.15) is 0 Å². The molecular formula is C28H27FN4O4S. The number of fused-ring (bicyclic) bond motifs is 3. The van der Waals surface area contributed by atoms with Crippen LogP contribution < -0.4 is 0 Å². The van der Waals surface area contributed by atoms with Gasteiger partial charge in [0.1, 0.15) is 5.82 Å². The van der Waals surface area contributed by atoms with Crippen molar-refractivity contribution in [2.45, 2.75) is 19.4 Å². The van der Waals surface area contributed by atoms with Crippen LogP contribution in [0, 0.1) is 12.7 Å². The molecule has 10 heteroatoms. The number of hydrogen-bond acceptors (Lipinski definition) is 7. The van der Waals surface area contributed by atoms with E-state index in [0.29, 0.717) is 47.3 Å². The number of aliphatic hydroxyl groups excluding tert-OH is 1. The molecule has 1 N–H and O–H groups in total. The van der Waals surface area contributed by atoms with Gasteiger partial charge in [-0.1, -0.05) is 35.6 Å². The molecule has 0 aliphatic carbocycles. The molecule has 196 valence electrons. The summed E-state index contributed by atoms with van der Waals surface area (Å²) in [5.74, 6) is -2.11. The Morgan fingerprint density at radius 1 is 1.16 bits per heavy atom. The van der Waals surface area contributed by atoms with Crippen molar-refractivity contribution in [2.75, 3.05) is 39.4 Å². The standard InChI is InChI=1S/C28H27FN4O4S/c1-17-26(38-28-30-20-8-2-3-9-21(20)33(17)28)24(34)22-23(18-6-4-7-19(29)16-18)32(27(36)25(22)35)11-5-10-31-12-14-37-15-13-31/h2-4,6-9,16,23,35H,5,10-15H2,1H3. The van der Waals surface area contributed by atoms with E-state index < -0.39 is 29.3 Å². The SMILES string of the molecule is Cc1c(C(=O)C2=C(O)C(=O)N(CCCN3CCOCC3)C2c2cccc(F)c2)sc2nc3ccccc3n12. The molecule has 2 aromatic carbocycles. The van der Waals surface area contributed by atoms with E-state index in [4.69, 9.17) is 4.74 Å². The predicted molar refractivity (Wildman–Crippen MR) is 142 cm³/mol. The molecule has 4 aromatic rings. The Kier molecular flexibility index (Phi) is 6.46. The molecule has 0 bridgehead atoms. The number of para-hydroxylation sites is 2. The van der Waals surface area contributed by atoms with E-state index >= 15 is 0 Å². The van der Waals surface area contributed by atoms with Crippen LogP contribution in [0.3, 0.4) is 0 Å². The Balaban J connectivity index is 1.36. The highest BCUT2D eigenvalue weighted by Gasteiger charge is 2.44. The number of aryl methyl sites for hydroxylation is 1. The van der Waals surface area contributed by atoms with E-state index in [0.717, 1.165) is 30.7 Å². The van der Waals surface area contributed by atoms with Crippen molar-refractivity contribution in [1.29, 1.82) is 0 Å². The molecule has 1 atom stereocenters. The number of morpholine rings is 1. The van der Waals surface area contributed by atoms with E-state index in [1.54, 1.807) is 12.1 Å². The third-order valence-electron chi connectivity index (χ3n) is 7.28. The minimum absolute atomic E-state index is 0.0242. The first-order valence-corrected chi connectivity index (χ1v) is 13.5. The van der Waals surface area contributed by atoms with Gasteiger partial charge in [-0.3, -0.25) is 18.9 Å². The number of amides is 1. The van der Waals surface area contributed by atoms with Crippen molar-refractivity contribution in [3.63, 3.8) is 0 Å². The number of imidazole rings is 1. The lowest BCUT2D eigenvalue weighted by molar-refractivity contribution is -0.129. The molecule has 1 amide bonds. The van der Waals surface area contributed by atoms with E-state index in [-0.39, 0.29) is 5.57 Å². The summed E-state index contributed by atoms with van der Waals surface area (Å²) in [5, 5.41) is 11.0. The summed E-state index contributed by atoms with van der Waals surface area (Å²) in [6.07, 6.45) is 0.643. The van der Waals surface area contributed by atoms with Crippen molar-refractivity contribution >= 4 is 39.0 Å². The first-order chi connectivity index (χ1) is 18.4. The Labute approximate surface area is 222 Å². The Hall–Kier alpha value is -3.60. The predicted octanol–water partition coefficient (Wildman–Crippen LogP) is 4.30. The molecule has 1 fully saturated rings. The summed E-state index contributed by atoms with van der Waals surface area (Å²) in [4.78, 5) is 36.8. The van der Waals surface area contributed by atoms with Crippen molar-refractivity contribution in [2.24, 2.45) is 0 Å². The molecule has 4 heterocycles. The largest absolute Gasteiger partial charge is 0.503 e. The molecular weight excluding hydrogens is 507 g/mol. The van der Waals surface area contributed by atoms with Crippen LogP contribution >= 0.6 is 11.3 Å². The van der Waals surface area contributed by atoms with Gasteiger partial charge in [-0.25, -0.2) is 9.37 Å². The molecule has 6 rings (SSSR count). The second kappa shape index (κ2) is 9.94. The Bertz CT molecular complexity index is 1590. The van der Waals surface area contributed by atoms with Crippen molar-refractivity contribution in [3.8, 4) is 0 Å². The number of ketones is 1. The van der Waals surface area contributed by atoms with E-state index in [1.165, 1.54) is 28.4 Å². The molecule has 2 aromatic heterocycles. The molecule has 0 spiro atoms. The fourth-order valence-corrected chi connectivity index (χ4v) is 6.52. The molecule has 2 aliphatic heterocycles. The average Bonchev–Trinajstić information content (AvgIpc) is 3.53. The molecule has 0 radical (unpaired) electrons. The van der Waals surface area contributed by atoms with Crippen LogP contribution in [-0.4, -0.2) is 75.4 Å². The van der Waals surface area contributed by atoms with Gasteiger partial charge >= 0.3 is 0 Å². The quantitative estimate of drug-likeness (QED) is 0.356. The second-order valence-electron chi connectivity index (χ2n) is 9.59. The normalized spacial score (nSPS) is 18.8. The highest BCUT2D eigenvalue weighted by atomic mass is 32.1. The maximum atomic E-state index is 14.3. The van der Waals surface area contributed by atoms with Crippen molar-refractivity contribution in [1.82, 2.24) is 19.2 Å². The van der Waals surface area contributed by atoms with Gasteiger partial charge in [0.2, 0.25) is 5.78 Å². The first-order valence-electron chi connectivity index (χ1n) is 12.6. The number of carbonyl (C=O) groups is 2. The highest BCUT2D eigenvalue weighted by molar-refractivity contribution is 7.19. The van der Waals surface area contributed by atoms with Crippen LogP contribution in [-0.2, 0) is 9.53 Å². The Morgan fingerprint density at radius 3 is 2.74 bits per heavy atom. The smallest absolute Gasteiger partial charge is 0.290 e. The zero-order valence-electron chi connectivity index (χ0n) is 20.9. The van der Waals surface area contributed by atoms with Crippen LogP contribution in [0.25, 0.3) is 16.0 Å². The van der Waals surface area contributed by atoms with Gasteiger partial charge in [-0.15, -0.1) is 0 Å². The van der Waals surface area contributed by atoms with E-state index in [1.807, 2.05) is 35.6 Å². The van der Waals surface area contributed by atoms with Gasteiger partial charge in [-0.05, 0) is 43.2 Å². The fourth-order valence-electron chi connectivity index (χ4n) is 5.43. The highest BCUT2D eigenvalue weighted by Crippen LogP contribution is 2.41. The van der Waals surface area contributed by atoms with Crippen LogP contribution in [0.1, 0.15) is 33.4 Å². The van der Waals surface area contributed by atoms with Crippen LogP contribution in [0.4, 0.5) is 4.39 Å². The maximum Gasteiger partial charge on any atom is 0.290 e. The van der Waals surface area contributed by atoms with Gasteiger partial charge in [0, 0.05) is 31.9 Å². The van der Waals surface area contributed by atoms with Gasteiger partial charge < -0.3 is 14.7 Å². The number of rotatable bonds is 7. The second-order valence-corrected chi connectivity index (χ2v) is 10.6. The van der Waals surface area contributed by atoms with Crippen LogP contribution in [0.15, 0.2) is 59.9 Å². The number of aromatic nitrogens is 2. The lowest BCUT2D eigenvalue weighted by Gasteiger charge is -2.30. The summed E-state index contributed by atoms with van der Waals surface area (Å²) in [6.45, 7) is 5.89. The van der Waals surface area contributed by atoms with Crippen LogP contribution in [0.2, 0.25) is 0 Å². The van der Waals surface area contributed by atoms with E-state index in [2.05, 4.69) is 9.88 Å². The number of thiazole rings is 1. The Morgan fingerprint density at radius 2 is 1.95 bits per heavy atom. The zero-order chi connectivity index (χ0) is 26.4. The number of hydrogen-bond donors (Lipinski definition) is 1. The van der Waals surface area contributed by atoms with Gasteiger partial charge in [0.25, 0.3) is 5.91 Å². The lowest BCUT2D eigenvalue weighted by atomic mass is 9.95. The number of benzene rings is 2. The number of halogens is 1. The van der Waals surface area contributed by atoms with Gasteiger partial charge in [0.15, 0.2) is 10.7 Å². The molecule has 2 aliphatic rings. The summed E-state index contributed by atoms with van der Waals surface area (Å²) < 4.78 is 21.6. The third-order valence-corrected chi connectivity index (χ3v) is 8.42. The molecule has 8 nitrogen and oxygen atoms in total. The lowest BCUT2D eigenvalue weighted by Crippen LogP contribution is -2.39. The van der Waals surface area contributed by atoms with Crippen molar-refractivity contribution < 1.29 is 23.8 Å². The topological polar surface area (TPSA) is 87.4 Å². The van der Waals surface area contributed by atoms with Gasteiger partial charge in [0.05, 0.1) is 40.7 Å². The molecule has 0 saturated carbocycles. The van der Waals surface area contributed by atoms with Crippen molar-refractivity contribution in [3.05, 3.63) is 81.8 Å². The van der Waals surface area contributed by atoms with E-state index in [9.17, 15) is 19.1 Å². The zero-order valence-corrected chi connectivity index (χ0v) is 21.7. The number of Topliss-reactive ketones (excluding diaryl/α,β-unsaturated/α-hetero) is 1. The summed E-state index contributed by atoms with van der Waals surface area (Å²) in [5.41, 5.74) is 2.80. The summed E-state index contributed by atoms with van der Waals surface area (Å²) in [7, 11) is 0. The fraction of sp³-hybridized carbons (Fsp3) is 0.321. The average molecular weight is 535 g/mol. The number of aliphatic hydroxyl groups is 1. The van der Waals surface area contributed by atoms with Crippen LogP contribution in [0.5, 0.6) is 0 Å². The summed E-state index contributed by atoms with van der Waals surface area (Å²) >= 11 is 1.22. The number of ether oxygens (including phenoxy) is 1.